The minimum atomic E-state index is -0.287. The van der Waals surface area contributed by atoms with Gasteiger partial charge in [0.1, 0.15) is 11.6 Å². The van der Waals surface area contributed by atoms with E-state index >= 15 is 0 Å². The zero-order valence-electron chi connectivity index (χ0n) is 10.7. The van der Waals surface area contributed by atoms with Crippen molar-refractivity contribution in [2.24, 2.45) is 11.8 Å². The summed E-state index contributed by atoms with van der Waals surface area (Å²) in [6, 6.07) is 4.23. The maximum atomic E-state index is 13.2. The number of halogens is 1. The molecule has 0 aromatic heterocycles. The molecule has 0 spiro atoms. The van der Waals surface area contributed by atoms with Crippen molar-refractivity contribution in [1.82, 2.24) is 4.90 Å². The van der Waals surface area contributed by atoms with E-state index in [4.69, 9.17) is 0 Å². The summed E-state index contributed by atoms with van der Waals surface area (Å²) in [4.78, 5) is 2.31. The van der Waals surface area contributed by atoms with E-state index in [1.54, 1.807) is 0 Å². The Bertz CT molecular complexity index is 397. The summed E-state index contributed by atoms with van der Waals surface area (Å²) in [7, 11) is 0. The minimum absolute atomic E-state index is 0.0677. The average molecular weight is 237 g/mol. The third kappa shape index (κ3) is 2.44. The van der Waals surface area contributed by atoms with Crippen molar-refractivity contribution in [3.63, 3.8) is 0 Å². The molecule has 1 aromatic rings. The van der Waals surface area contributed by atoms with E-state index < -0.39 is 0 Å². The lowest BCUT2D eigenvalue weighted by Crippen LogP contribution is -2.24. The Morgan fingerprint density at radius 3 is 2.47 bits per heavy atom. The van der Waals surface area contributed by atoms with Crippen LogP contribution in [0.4, 0.5) is 4.39 Å². The van der Waals surface area contributed by atoms with Gasteiger partial charge in [-0.3, -0.25) is 4.90 Å². The normalized spacial score (nSPS) is 27.3. The van der Waals surface area contributed by atoms with Gasteiger partial charge in [-0.25, -0.2) is 4.39 Å². The quantitative estimate of drug-likeness (QED) is 0.854. The van der Waals surface area contributed by atoms with Crippen molar-refractivity contribution >= 4 is 0 Å². The van der Waals surface area contributed by atoms with Gasteiger partial charge in [0.2, 0.25) is 0 Å². The number of aromatic hydroxyl groups is 1. The lowest BCUT2D eigenvalue weighted by Gasteiger charge is -2.25. The van der Waals surface area contributed by atoms with Crippen LogP contribution in [-0.4, -0.2) is 23.1 Å². The second-order valence-electron chi connectivity index (χ2n) is 5.29. The van der Waals surface area contributed by atoms with Crippen LogP contribution in [0, 0.1) is 17.7 Å². The number of rotatable bonds is 2. The molecule has 1 heterocycles. The van der Waals surface area contributed by atoms with Crippen LogP contribution < -0.4 is 0 Å². The standard InChI is InChI=1S/C14H20FNO/c1-9-7-16(8-10(9)2)11(3)13-6-12(15)4-5-14(13)17/h4-6,9-11,17H,7-8H2,1-3H3. The van der Waals surface area contributed by atoms with E-state index in [9.17, 15) is 9.50 Å². The Morgan fingerprint density at radius 1 is 1.29 bits per heavy atom. The van der Waals surface area contributed by atoms with Gasteiger partial charge in [-0.1, -0.05) is 13.8 Å². The first-order valence-electron chi connectivity index (χ1n) is 6.21. The van der Waals surface area contributed by atoms with Gasteiger partial charge in [0, 0.05) is 24.7 Å². The second-order valence-corrected chi connectivity index (χ2v) is 5.29. The Morgan fingerprint density at radius 2 is 1.88 bits per heavy atom. The number of hydrogen-bond donors (Lipinski definition) is 1. The molecule has 17 heavy (non-hydrogen) atoms. The first-order valence-corrected chi connectivity index (χ1v) is 6.21. The molecular formula is C14H20FNO. The van der Waals surface area contributed by atoms with Crippen LogP contribution in [0.3, 0.4) is 0 Å². The number of benzene rings is 1. The van der Waals surface area contributed by atoms with Crippen LogP contribution in [0.5, 0.6) is 5.75 Å². The zero-order chi connectivity index (χ0) is 12.6. The fourth-order valence-electron chi connectivity index (χ4n) is 2.55. The second kappa shape index (κ2) is 4.65. The van der Waals surface area contributed by atoms with Crippen molar-refractivity contribution in [3.8, 4) is 5.75 Å². The highest BCUT2D eigenvalue weighted by atomic mass is 19.1. The first-order chi connectivity index (χ1) is 7.99. The van der Waals surface area contributed by atoms with Crippen LogP contribution in [0.1, 0.15) is 32.4 Å². The van der Waals surface area contributed by atoms with E-state index in [1.807, 2.05) is 6.92 Å². The number of phenols is 1. The van der Waals surface area contributed by atoms with Gasteiger partial charge in [-0.2, -0.15) is 0 Å². The highest BCUT2D eigenvalue weighted by Gasteiger charge is 2.30. The fourth-order valence-corrected chi connectivity index (χ4v) is 2.55. The van der Waals surface area contributed by atoms with Gasteiger partial charge in [0.15, 0.2) is 0 Å². The van der Waals surface area contributed by atoms with E-state index in [0.29, 0.717) is 17.4 Å². The predicted octanol–water partition coefficient (Wildman–Crippen LogP) is 3.18. The van der Waals surface area contributed by atoms with Crippen molar-refractivity contribution in [2.75, 3.05) is 13.1 Å². The van der Waals surface area contributed by atoms with Crippen LogP contribution in [0.2, 0.25) is 0 Å². The molecule has 1 saturated heterocycles. The first kappa shape index (κ1) is 12.4. The van der Waals surface area contributed by atoms with E-state index in [2.05, 4.69) is 18.7 Å². The number of phenolic OH excluding ortho intramolecular Hbond substituents is 1. The summed E-state index contributed by atoms with van der Waals surface area (Å²) < 4.78 is 13.2. The molecule has 3 heteroatoms. The molecule has 0 amide bonds. The predicted molar refractivity (Wildman–Crippen MR) is 66.4 cm³/mol. The van der Waals surface area contributed by atoms with Gasteiger partial charge in [0.05, 0.1) is 0 Å². The van der Waals surface area contributed by atoms with Gasteiger partial charge in [-0.05, 0) is 37.0 Å². The maximum Gasteiger partial charge on any atom is 0.123 e. The van der Waals surface area contributed by atoms with Crippen molar-refractivity contribution in [2.45, 2.75) is 26.8 Å². The zero-order valence-corrected chi connectivity index (χ0v) is 10.7. The summed E-state index contributed by atoms with van der Waals surface area (Å²) in [5, 5.41) is 9.80. The molecule has 1 fully saturated rings. The van der Waals surface area contributed by atoms with Crippen molar-refractivity contribution in [3.05, 3.63) is 29.6 Å². The molecule has 3 unspecified atom stereocenters. The molecule has 0 saturated carbocycles. The van der Waals surface area contributed by atoms with Gasteiger partial charge < -0.3 is 5.11 Å². The molecule has 0 aliphatic carbocycles. The largest absolute Gasteiger partial charge is 0.508 e. The highest BCUT2D eigenvalue weighted by molar-refractivity contribution is 5.35. The topological polar surface area (TPSA) is 23.5 Å². The number of likely N-dealkylation sites (tertiary alicyclic amines) is 1. The lowest BCUT2D eigenvalue weighted by molar-refractivity contribution is 0.245. The van der Waals surface area contributed by atoms with Gasteiger partial charge >= 0.3 is 0 Å². The third-order valence-electron chi connectivity index (χ3n) is 4.00. The lowest BCUT2D eigenvalue weighted by atomic mass is 10.0. The van der Waals surface area contributed by atoms with Crippen LogP contribution >= 0.6 is 0 Å². The molecule has 2 rings (SSSR count). The molecule has 2 nitrogen and oxygen atoms in total. The SMILES string of the molecule is CC1CN(C(C)c2cc(F)ccc2O)CC1C. The molecule has 3 atom stereocenters. The monoisotopic (exact) mass is 237 g/mol. The Labute approximate surface area is 102 Å². The van der Waals surface area contributed by atoms with Crippen LogP contribution in [-0.2, 0) is 0 Å². The molecule has 1 N–H and O–H groups in total. The maximum absolute atomic E-state index is 13.2. The number of hydrogen-bond acceptors (Lipinski definition) is 2. The fraction of sp³-hybridized carbons (Fsp3) is 0.571. The van der Waals surface area contributed by atoms with Gasteiger partial charge in [-0.15, -0.1) is 0 Å². The van der Waals surface area contributed by atoms with Crippen molar-refractivity contribution in [1.29, 1.82) is 0 Å². The third-order valence-corrected chi connectivity index (χ3v) is 4.00. The van der Waals surface area contributed by atoms with E-state index in [1.165, 1.54) is 18.2 Å². The Hall–Kier alpha value is -1.09. The number of nitrogens with zero attached hydrogens (tertiary/aromatic N) is 1. The summed E-state index contributed by atoms with van der Waals surface area (Å²) in [6.45, 7) is 8.53. The summed E-state index contributed by atoms with van der Waals surface area (Å²) in [5.41, 5.74) is 0.686. The Balaban J connectivity index is 2.20. The summed E-state index contributed by atoms with van der Waals surface area (Å²) >= 11 is 0. The van der Waals surface area contributed by atoms with Crippen molar-refractivity contribution < 1.29 is 9.50 Å². The van der Waals surface area contributed by atoms with Crippen LogP contribution in [0.15, 0.2) is 18.2 Å². The van der Waals surface area contributed by atoms with Crippen LogP contribution in [0.25, 0.3) is 0 Å². The molecule has 0 bridgehead atoms. The molecule has 1 aliphatic rings. The van der Waals surface area contributed by atoms with E-state index in [0.717, 1.165) is 13.1 Å². The molecular weight excluding hydrogens is 217 g/mol. The summed E-state index contributed by atoms with van der Waals surface area (Å²) in [6.07, 6.45) is 0. The average Bonchev–Trinajstić information content (AvgIpc) is 2.62. The molecule has 94 valence electrons. The molecule has 1 aromatic carbocycles. The molecule has 1 aliphatic heterocycles. The molecule has 0 radical (unpaired) electrons. The minimum Gasteiger partial charge on any atom is -0.508 e. The summed E-state index contributed by atoms with van der Waals surface area (Å²) in [5.74, 6) is 1.22. The smallest absolute Gasteiger partial charge is 0.123 e. The van der Waals surface area contributed by atoms with E-state index in [-0.39, 0.29) is 17.6 Å². The van der Waals surface area contributed by atoms with Gasteiger partial charge in [0.25, 0.3) is 0 Å². The highest BCUT2D eigenvalue weighted by Crippen LogP contribution is 2.34. The Kier molecular flexibility index (Phi) is 3.38.